The van der Waals surface area contributed by atoms with Crippen molar-refractivity contribution in [2.24, 2.45) is 23.5 Å². The molecule has 4 unspecified atom stereocenters. The molecule has 0 spiro atoms. The molecule has 0 aliphatic heterocycles. The maximum atomic E-state index is 12.6. The standard InChI is InChI=1S/C19H26N2O2/c20-18-13-6-5-12(11-13)17(18)19(22)21-14-7-9-16(10-8-14)23-15-3-1-2-4-15/h7-10,12-13,15,17-18H,1-6,11,20H2,(H,21,22). The van der Waals surface area contributed by atoms with Crippen molar-refractivity contribution in [2.45, 2.75) is 57.1 Å². The van der Waals surface area contributed by atoms with E-state index in [4.69, 9.17) is 10.5 Å². The van der Waals surface area contributed by atoms with Gasteiger partial charge < -0.3 is 15.8 Å². The summed E-state index contributed by atoms with van der Waals surface area (Å²) in [6.45, 7) is 0. The lowest BCUT2D eigenvalue weighted by molar-refractivity contribution is -0.121. The molecule has 4 heteroatoms. The van der Waals surface area contributed by atoms with Gasteiger partial charge in [0.2, 0.25) is 5.91 Å². The smallest absolute Gasteiger partial charge is 0.229 e. The Labute approximate surface area is 137 Å². The van der Waals surface area contributed by atoms with Crippen LogP contribution in [0, 0.1) is 17.8 Å². The van der Waals surface area contributed by atoms with E-state index in [-0.39, 0.29) is 17.9 Å². The molecule has 0 heterocycles. The monoisotopic (exact) mass is 314 g/mol. The Morgan fingerprint density at radius 1 is 1.04 bits per heavy atom. The number of rotatable bonds is 4. The number of nitrogens with one attached hydrogen (secondary N) is 1. The largest absolute Gasteiger partial charge is 0.490 e. The van der Waals surface area contributed by atoms with Crippen LogP contribution >= 0.6 is 0 Å². The summed E-state index contributed by atoms with van der Waals surface area (Å²) in [6.07, 6.45) is 8.69. The van der Waals surface area contributed by atoms with Crippen LogP contribution in [0.1, 0.15) is 44.9 Å². The lowest BCUT2D eigenvalue weighted by atomic mass is 9.84. The van der Waals surface area contributed by atoms with E-state index in [0.717, 1.165) is 37.1 Å². The molecule has 2 bridgehead atoms. The number of nitrogens with two attached hydrogens (primary N) is 1. The van der Waals surface area contributed by atoms with Gasteiger partial charge in [0.05, 0.1) is 12.0 Å². The highest BCUT2D eigenvalue weighted by atomic mass is 16.5. The van der Waals surface area contributed by atoms with Crippen LogP contribution in [-0.4, -0.2) is 18.1 Å². The summed E-state index contributed by atoms with van der Waals surface area (Å²) < 4.78 is 5.96. The molecule has 3 saturated carbocycles. The molecule has 1 amide bonds. The van der Waals surface area contributed by atoms with Gasteiger partial charge in [0.1, 0.15) is 5.75 Å². The second-order valence-electron chi connectivity index (χ2n) is 7.47. The summed E-state index contributed by atoms with van der Waals surface area (Å²) in [5, 5.41) is 3.05. The third-order valence-corrected chi connectivity index (χ3v) is 6.01. The van der Waals surface area contributed by atoms with Gasteiger partial charge in [0, 0.05) is 11.7 Å². The van der Waals surface area contributed by atoms with Gasteiger partial charge in [-0.3, -0.25) is 4.79 Å². The normalized spacial score (nSPS) is 33.1. The lowest BCUT2D eigenvalue weighted by Gasteiger charge is -2.27. The van der Waals surface area contributed by atoms with E-state index >= 15 is 0 Å². The molecule has 4 atom stereocenters. The van der Waals surface area contributed by atoms with Crippen molar-refractivity contribution in [3.8, 4) is 5.75 Å². The predicted molar refractivity (Wildman–Crippen MR) is 90.3 cm³/mol. The lowest BCUT2D eigenvalue weighted by Crippen LogP contribution is -2.42. The van der Waals surface area contributed by atoms with Crippen molar-refractivity contribution >= 4 is 11.6 Å². The number of amides is 1. The van der Waals surface area contributed by atoms with E-state index in [2.05, 4.69) is 5.32 Å². The molecule has 4 rings (SSSR count). The third-order valence-electron chi connectivity index (χ3n) is 6.01. The molecule has 124 valence electrons. The number of carbonyl (C=O) groups excluding carboxylic acids is 1. The second-order valence-corrected chi connectivity index (χ2v) is 7.47. The highest BCUT2D eigenvalue weighted by molar-refractivity contribution is 5.93. The Morgan fingerprint density at radius 2 is 1.74 bits per heavy atom. The molecule has 0 aromatic heterocycles. The minimum atomic E-state index is -0.0110. The first-order valence-corrected chi connectivity index (χ1v) is 9.04. The van der Waals surface area contributed by atoms with Crippen molar-refractivity contribution in [3.05, 3.63) is 24.3 Å². The zero-order valence-electron chi connectivity index (χ0n) is 13.5. The summed E-state index contributed by atoms with van der Waals surface area (Å²) >= 11 is 0. The average molecular weight is 314 g/mol. The Morgan fingerprint density at radius 3 is 2.39 bits per heavy atom. The summed E-state index contributed by atoms with van der Waals surface area (Å²) in [6, 6.07) is 7.81. The van der Waals surface area contributed by atoms with E-state index < -0.39 is 0 Å². The maximum Gasteiger partial charge on any atom is 0.229 e. The highest BCUT2D eigenvalue weighted by Gasteiger charge is 2.49. The van der Waals surface area contributed by atoms with E-state index in [0.29, 0.717) is 17.9 Å². The summed E-state index contributed by atoms with van der Waals surface area (Å²) in [5.41, 5.74) is 7.09. The summed E-state index contributed by atoms with van der Waals surface area (Å²) in [7, 11) is 0. The minimum Gasteiger partial charge on any atom is -0.490 e. The Kier molecular flexibility index (Phi) is 4.02. The first-order valence-electron chi connectivity index (χ1n) is 9.04. The maximum absolute atomic E-state index is 12.6. The Balaban J connectivity index is 1.36. The first-order chi connectivity index (χ1) is 11.2. The van der Waals surface area contributed by atoms with Crippen LogP contribution in [0.5, 0.6) is 5.75 Å². The number of carbonyl (C=O) groups is 1. The minimum absolute atomic E-state index is 0.0110. The molecule has 1 aromatic carbocycles. The fraction of sp³-hybridized carbons (Fsp3) is 0.632. The van der Waals surface area contributed by atoms with Gasteiger partial charge in [-0.2, -0.15) is 0 Å². The number of ether oxygens (including phenoxy) is 1. The van der Waals surface area contributed by atoms with Crippen LogP contribution in [-0.2, 0) is 4.79 Å². The van der Waals surface area contributed by atoms with E-state index in [1.54, 1.807) is 0 Å². The third kappa shape index (κ3) is 2.97. The fourth-order valence-electron chi connectivity index (χ4n) is 4.77. The quantitative estimate of drug-likeness (QED) is 0.896. The summed E-state index contributed by atoms with van der Waals surface area (Å²) in [4.78, 5) is 12.6. The predicted octanol–water partition coefficient (Wildman–Crippen LogP) is 3.32. The molecule has 3 aliphatic rings. The number of fused-ring (bicyclic) bond motifs is 2. The van der Waals surface area contributed by atoms with Gasteiger partial charge in [-0.05, 0) is 81.0 Å². The van der Waals surface area contributed by atoms with E-state index in [9.17, 15) is 4.79 Å². The van der Waals surface area contributed by atoms with Gasteiger partial charge in [0.25, 0.3) is 0 Å². The van der Waals surface area contributed by atoms with Crippen molar-refractivity contribution in [2.75, 3.05) is 5.32 Å². The van der Waals surface area contributed by atoms with Crippen molar-refractivity contribution in [1.82, 2.24) is 0 Å². The van der Waals surface area contributed by atoms with Crippen LogP contribution in [0.25, 0.3) is 0 Å². The highest BCUT2D eigenvalue weighted by Crippen LogP contribution is 2.47. The Hall–Kier alpha value is -1.55. The topological polar surface area (TPSA) is 64.4 Å². The average Bonchev–Trinajstić information content (AvgIpc) is 3.26. The molecule has 4 nitrogen and oxygen atoms in total. The second kappa shape index (κ2) is 6.16. The molecule has 3 fully saturated rings. The molecule has 1 aromatic rings. The number of hydrogen-bond donors (Lipinski definition) is 2. The van der Waals surface area contributed by atoms with Crippen LogP contribution in [0.3, 0.4) is 0 Å². The fourth-order valence-corrected chi connectivity index (χ4v) is 4.77. The number of benzene rings is 1. The zero-order chi connectivity index (χ0) is 15.8. The van der Waals surface area contributed by atoms with Crippen molar-refractivity contribution in [3.63, 3.8) is 0 Å². The van der Waals surface area contributed by atoms with Crippen LogP contribution in [0.2, 0.25) is 0 Å². The molecule has 0 radical (unpaired) electrons. The SMILES string of the molecule is NC1C2CCC(C2)C1C(=O)Nc1ccc(OC2CCCC2)cc1. The van der Waals surface area contributed by atoms with Gasteiger partial charge in [-0.1, -0.05) is 0 Å². The van der Waals surface area contributed by atoms with Crippen LogP contribution in [0.4, 0.5) is 5.69 Å². The molecule has 3 aliphatic carbocycles. The molecular formula is C19H26N2O2. The van der Waals surface area contributed by atoms with E-state index in [1.807, 2.05) is 24.3 Å². The van der Waals surface area contributed by atoms with Crippen LogP contribution in [0.15, 0.2) is 24.3 Å². The van der Waals surface area contributed by atoms with Crippen molar-refractivity contribution < 1.29 is 9.53 Å². The molecule has 23 heavy (non-hydrogen) atoms. The van der Waals surface area contributed by atoms with Crippen molar-refractivity contribution in [1.29, 1.82) is 0 Å². The zero-order valence-corrected chi connectivity index (χ0v) is 13.5. The number of hydrogen-bond acceptors (Lipinski definition) is 3. The van der Waals surface area contributed by atoms with Gasteiger partial charge in [0.15, 0.2) is 0 Å². The Bertz CT molecular complexity index is 563. The molecular weight excluding hydrogens is 288 g/mol. The van der Waals surface area contributed by atoms with Gasteiger partial charge >= 0.3 is 0 Å². The van der Waals surface area contributed by atoms with Gasteiger partial charge in [-0.25, -0.2) is 0 Å². The summed E-state index contributed by atoms with van der Waals surface area (Å²) in [5.74, 6) is 2.02. The van der Waals surface area contributed by atoms with Crippen LogP contribution < -0.4 is 15.8 Å². The van der Waals surface area contributed by atoms with E-state index in [1.165, 1.54) is 19.3 Å². The number of anilines is 1. The van der Waals surface area contributed by atoms with Gasteiger partial charge in [-0.15, -0.1) is 0 Å². The molecule has 0 saturated heterocycles. The molecule has 3 N–H and O–H groups in total. The first kappa shape index (κ1) is 15.0.